The van der Waals surface area contributed by atoms with Gasteiger partial charge in [0.15, 0.2) is 0 Å². The van der Waals surface area contributed by atoms with Crippen LogP contribution in [0.25, 0.3) is 0 Å². The fourth-order valence-electron chi connectivity index (χ4n) is 2.81. The molecule has 1 fully saturated rings. The van der Waals surface area contributed by atoms with Crippen molar-refractivity contribution < 1.29 is 27.2 Å². The van der Waals surface area contributed by atoms with Crippen LogP contribution < -0.4 is 0 Å². The SMILES string of the molecule is C=CCOC(=O)N1C[C@H](OS(C)(=O)=O)C[C@H]1CCn1cnc(CO)c1. The molecule has 2 heterocycles. The zero-order valence-corrected chi connectivity index (χ0v) is 14.9. The highest BCUT2D eigenvalue weighted by Crippen LogP contribution is 2.25. The van der Waals surface area contributed by atoms with E-state index < -0.39 is 22.3 Å². The van der Waals surface area contributed by atoms with E-state index in [0.717, 1.165) is 6.26 Å². The van der Waals surface area contributed by atoms with E-state index in [4.69, 9.17) is 14.0 Å². The van der Waals surface area contributed by atoms with Crippen LogP contribution in [0.1, 0.15) is 18.5 Å². The maximum atomic E-state index is 12.2. The lowest BCUT2D eigenvalue weighted by atomic mass is 10.1. The van der Waals surface area contributed by atoms with Gasteiger partial charge in [-0.25, -0.2) is 9.78 Å². The summed E-state index contributed by atoms with van der Waals surface area (Å²) in [6.45, 7) is 4.16. The molecule has 0 radical (unpaired) electrons. The molecule has 0 saturated carbocycles. The first-order valence-electron chi connectivity index (χ1n) is 7.86. The van der Waals surface area contributed by atoms with E-state index in [1.807, 2.05) is 4.57 Å². The van der Waals surface area contributed by atoms with E-state index in [1.165, 1.54) is 11.0 Å². The Balaban J connectivity index is 2.01. The maximum Gasteiger partial charge on any atom is 0.410 e. The van der Waals surface area contributed by atoms with E-state index in [0.29, 0.717) is 25.1 Å². The monoisotopic (exact) mass is 373 g/mol. The number of aliphatic hydroxyl groups is 1. The standard InChI is InChI=1S/C15H23N3O6S/c1-3-6-23-15(20)18-9-14(24-25(2,21)22)7-13(18)4-5-17-8-12(10-19)16-11-17/h3,8,11,13-14,19H,1,4-7,9-10H2,2H3/t13-,14-/m1/s1. The molecule has 1 amide bonds. The van der Waals surface area contributed by atoms with Gasteiger partial charge in [0, 0.05) is 18.8 Å². The molecule has 0 spiro atoms. The number of rotatable bonds is 8. The number of likely N-dealkylation sites (tertiary alicyclic amines) is 1. The molecule has 0 aromatic carbocycles. The highest BCUT2D eigenvalue weighted by atomic mass is 32.2. The Morgan fingerprint density at radius 3 is 2.92 bits per heavy atom. The van der Waals surface area contributed by atoms with Crippen molar-refractivity contribution in [3.63, 3.8) is 0 Å². The van der Waals surface area contributed by atoms with Crippen LogP contribution in [0, 0.1) is 0 Å². The Bertz CT molecular complexity index is 702. The molecule has 1 aromatic heterocycles. The molecule has 1 aromatic rings. The van der Waals surface area contributed by atoms with Crippen LogP contribution >= 0.6 is 0 Å². The molecule has 0 unspecified atom stereocenters. The van der Waals surface area contributed by atoms with E-state index in [9.17, 15) is 13.2 Å². The Labute approximate surface area is 147 Å². The summed E-state index contributed by atoms with van der Waals surface area (Å²) in [5.41, 5.74) is 0.562. The predicted molar refractivity (Wildman–Crippen MR) is 89.1 cm³/mol. The van der Waals surface area contributed by atoms with Gasteiger partial charge in [-0.3, -0.25) is 4.18 Å². The normalized spacial score (nSPS) is 20.6. The molecule has 0 aliphatic carbocycles. The first-order chi connectivity index (χ1) is 11.8. The molecule has 2 rings (SSSR count). The van der Waals surface area contributed by atoms with Gasteiger partial charge in [-0.15, -0.1) is 0 Å². The van der Waals surface area contributed by atoms with Crippen molar-refractivity contribution >= 4 is 16.2 Å². The van der Waals surface area contributed by atoms with Crippen LogP contribution in [-0.2, 0) is 32.2 Å². The van der Waals surface area contributed by atoms with Gasteiger partial charge >= 0.3 is 6.09 Å². The summed E-state index contributed by atoms with van der Waals surface area (Å²) in [6, 6.07) is -0.218. The predicted octanol–water partition coefficient (Wildman–Crippen LogP) is 0.507. The van der Waals surface area contributed by atoms with Crippen molar-refractivity contribution in [1.29, 1.82) is 0 Å². The number of imidazole rings is 1. The fourth-order valence-corrected chi connectivity index (χ4v) is 3.44. The smallest absolute Gasteiger partial charge is 0.410 e. The molecular weight excluding hydrogens is 350 g/mol. The van der Waals surface area contributed by atoms with Crippen molar-refractivity contribution in [2.45, 2.75) is 38.1 Å². The van der Waals surface area contributed by atoms with Gasteiger partial charge in [-0.2, -0.15) is 8.42 Å². The molecule has 1 saturated heterocycles. The molecule has 1 N–H and O–H groups in total. The largest absolute Gasteiger partial charge is 0.445 e. The maximum absolute atomic E-state index is 12.2. The third-order valence-electron chi connectivity index (χ3n) is 3.82. The molecule has 140 valence electrons. The van der Waals surface area contributed by atoms with Gasteiger partial charge in [-0.1, -0.05) is 12.7 Å². The van der Waals surface area contributed by atoms with Crippen LogP contribution in [0.15, 0.2) is 25.2 Å². The Hall–Kier alpha value is -1.91. The second-order valence-corrected chi connectivity index (χ2v) is 7.48. The highest BCUT2D eigenvalue weighted by molar-refractivity contribution is 7.86. The van der Waals surface area contributed by atoms with E-state index in [2.05, 4.69) is 11.6 Å². The number of hydrogen-bond donors (Lipinski definition) is 1. The lowest BCUT2D eigenvalue weighted by Gasteiger charge is -2.23. The highest BCUT2D eigenvalue weighted by Gasteiger charge is 2.38. The number of hydrogen-bond acceptors (Lipinski definition) is 7. The van der Waals surface area contributed by atoms with Crippen LogP contribution in [0.2, 0.25) is 0 Å². The molecule has 1 aliphatic rings. The van der Waals surface area contributed by atoms with Crippen molar-refractivity contribution in [2.75, 3.05) is 19.4 Å². The minimum Gasteiger partial charge on any atom is -0.445 e. The zero-order valence-electron chi connectivity index (χ0n) is 14.1. The van der Waals surface area contributed by atoms with Crippen LogP contribution in [0.5, 0.6) is 0 Å². The van der Waals surface area contributed by atoms with Crippen LogP contribution in [0.3, 0.4) is 0 Å². The Kier molecular flexibility index (Phi) is 6.57. The van der Waals surface area contributed by atoms with Gasteiger partial charge in [0.1, 0.15) is 6.61 Å². The van der Waals surface area contributed by atoms with E-state index in [-0.39, 0.29) is 25.8 Å². The summed E-state index contributed by atoms with van der Waals surface area (Å²) in [6.07, 6.45) is 5.65. The zero-order chi connectivity index (χ0) is 18.4. The molecule has 0 bridgehead atoms. The van der Waals surface area contributed by atoms with Gasteiger partial charge in [0.05, 0.1) is 37.5 Å². The summed E-state index contributed by atoms with van der Waals surface area (Å²) in [4.78, 5) is 17.7. The molecule has 9 nitrogen and oxygen atoms in total. The van der Waals surface area contributed by atoms with E-state index >= 15 is 0 Å². The Morgan fingerprint density at radius 2 is 2.32 bits per heavy atom. The lowest BCUT2D eigenvalue weighted by Crippen LogP contribution is -2.37. The molecular formula is C15H23N3O6S. The first-order valence-corrected chi connectivity index (χ1v) is 9.68. The summed E-state index contributed by atoms with van der Waals surface area (Å²) in [5, 5.41) is 9.04. The Morgan fingerprint density at radius 1 is 1.56 bits per heavy atom. The number of amides is 1. The minimum absolute atomic E-state index is 0.0844. The van der Waals surface area contributed by atoms with Crippen molar-refractivity contribution in [3.05, 3.63) is 30.9 Å². The number of aliphatic hydroxyl groups excluding tert-OH is 1. The van der Waals surface area contributed by atoms with Gasteiger partial charge in [0.2, 0.25) is 0 Å². The lowest BCUT2D eigenvalue weighted by molar-refractivity contribution is 0.102. The number of aryl methyl sites for hydroxylation is 1. The second kappa shape index (κ2) is 8.45. The van der Waals surface area contributed by atoms with Crippen LogP contribution in [-0.4, -0.2) is 65.6 Å². The first kappa shape index (κ1) is 19.4. The fraction of sp³-hybridized carbons (Fsp3) is 0.600. The topological polar surface area (TPSA) is 111 Å². The van der Waals surface area contributed by atoms with Gasteiger partial charge in [0.25, 0.3) is 10.1 Å². The van der Waals surface area contributed by atoms with Crippen molar-refractivity contribution in [3.8, 4) is 0 Å². The number of ether oxygens (including phenoxy) is 1. The van der Waals surface area contributed by atoms with Gasteiger partial charge in [-0.05, 0) is 12.8 Å². The quantitative estimate of drug-likeness (QED) is 0.522. The number of carbonyl (C=O) groups is 1. The number of nitrogens with zero attached hydrogens (tertiary/aromatic N) is 3. The average molecular weight is 373 g/mol. The average Bonchev–Trinajstić information content (AvgIpc) is 3.15. The third-order valence-corrected chi connectivity index (χ3v) is 4.44. The summed E-state index contributed by atoms with van der Waals surface area (Å²) < 4.78 is 34.6. The summed E-state index contributed by atoms with van der Waals surface area (Å²) >= 11 is 0. The summed E-state index contributed by atoms with van der Waals surface area (Å²) in [7, 11) is -3.60. The molecule has 2 atom stereocenters. The molecule has 1 aliphatic heterocycles. The van der Waals surface area contributed by atoms with E-state index in [1.54, 1.807) is 12.5 Å². The van der Waals surface area contributed by atoms with Gasteiger partial charge < -0.3 is 19.3 Å². The van der Waals surface area contributed by atoms with Crippen molar-refractivity contribution in [2.24, 2.45) is 0 Å². The number of carbonyl (C=O) groups excluding carboxylic acids is 1. The third kappa shape index (κ3) is 5.83. The minimum atomic E-state index is -3.60. The van der Waals surface area contributed by atoms with Crippen molar-refractivity contribution in [1.82, 2.24) is 14.5 Å². The number of aromatic nitrogens is 2. The van der Waals surface area contributed by atoms with Crippen LogP contribution in [0.4, 0.5) is 4.79 Å². The summed E-state index contributed by atoms with van der Waals surface area (Å²) in [5.74, 6) is 0. The molecule has 25 heavy (non-hydrogen) atoms. The second-order valence-electron chi connectivity index (χ2n) is 5.88. The molecule has 10 heteroatoms.